The number of hydrogen-bond acceptors (Lipinski definition) is 7. The Morgan fingerprint density at radius 3 is 2.53 bits per heavy atom. The van der Waals surface area contributed by atoms with Crippen molar-refractivity contribution in [3.05, 3.63) is 74.3 Å². The topological polar surface area (TPSA) is 122 Å². The monoisotopic (exact) mass is 486 g/mol. The molecule has 0 aliphatic carbocycles. The molecule has 2 aliphatic rings. The van der Waals surface area contributed by atoms with Gasteiger partial charge in [0.1, 0.15) is 11.6 Å². The summed E-state index contributed by atoms with van der Waals surface area (Å²) in [7, 11) is 0. The molecule has 11 heteroatoms. The Kier molecular flexibility index (Phi) is 6.92. The summed E-state index contributed by atoms with van der Waals surface area (Å²) in [6.45, 7) is 4.03. The highest BCUT2D eigenvalue weighted by Crippen LogP contribution is 2.32. The number of hydrogen-bond donors (Lipinski definition) is 1. The van der Waals surface area contributed by atoms with E-state index in [4.69, 9.17) is 16.3 Å². The maximum Gasteiger partial charge on any atom is 0.282 e. The Balaban J connectivity index is 1.52. The predicted octanol–water partition coefficient (Wildman–Crippen LogP) is 2.42. The number of morpholine rings is 1. The summed E-state index contributed by atoms with van der Waals surface area (Å²) in [6.07, 6.45) is 0. The lowest BCUT2D eigenvalue weighted by Gasteiger charge is -2.35. The van der Waals surface area contributed by atoms with Crippen molar-refractivity contribution in [2.45, 2.75) is 19.0 Å². The zero-order valence-electron chi connectivity index (χ0n) is 18.4. The maximum atomic E-state index is 13.0. The molecule has 1 N–H and O–H groups in total. The van der Waals surface area contributed by atoms with Crippen molar-refractivity contribution in [2.75, 3.05) is 32.8 Å². The first-order chi connectivity index (χ1) is 16.3. The van der Waals surface area contributed by atoms with E-state index in [1.807, 2.05) is 18.2 Å². The number of nitrogens with zero attached hydrogens (tertiary/aromatic N) is 3. The van der Waals surface area contributed by atoms with Gasteiger partial charge in [-0.15, -0.1) is 0 Å². The van der Waals surface area contributed by atoms with Crippen LogP contribution in [0, 0.1) is 10.1 Å². The molecule has 2 aromatic rings. The molecule has 2 heterocycles. The Hall–Kier alpha value is -3.34. The van der Waals surface area contributed by atoms with Crippen LogP contribution in [0.4, 0.5) is 5.69 Å². The molecule has 2 aliphatic heterocycles. The Morgan fingerprint density at radius 1 is 1.15 bits per heavy atom. The van der Waals surface area contributed by atoms with Crippen LogP contribution in [0.25, 0.3) is 0 Å². The van der Waals surface area contributed by atoms with Gasteiger partial charge in [-0.2, -0.15) is 0 Å². The number of rotatable bonds is 7. The second-order valence-corrected chi connectivity index (χ2v) is 8.45. The summed E-state index contributed by atoms with van der Waals surface area (Å²) in [4.78, 5) is 52.3. The number of imide groups is 1. The van der Waals surface area contributed by atoms with E-state index in [9.17, 15) is 24.5 Å². The van der Waals surface area contributed by atoms with Crippen LogP contribution < -0.4 is 5.32 Å². The van der Waals surface area contributed by atoms with Crippen LogP contribution in [0.5, 0.6) is 0 Å². The molecular formula is C23H23ClN4O6. The zero-order valence-corrected chi connectivity index (χ0v) is 19.2. The van der Waals surface area contributed by atoms with E-state index in [1.54, 1.807) is 6.07 Å². The highest BCUT2D eigenvalue weighted by atomic mass is 35.5. The zero-order chi connectivity index (χ0) is 24.4. The Labute approximate surface area is 200 Å². The first-order valence-electron chi connectivity index (χ1n) is 10.8. The van der Waals surface area contributed by atoms with Gasteiger partial charge in [0.25, 0.3) is 17.5 Å². The highest BCUT2D eigenvalue weighted by molar-refractivity contribution is 6.31. The molecule has 1 fully saturated rings. The van der Waals surface area contributed by atoms with Gasteiger partial charge in [0, 0.05) is 30.7 Å². The van der Waals surface area contributed by atoms with Crippen LogP contribution in [-0.4, -0.2) is 71.3 Å². The van der Waals surface area contributed by atoms with Gasteiger partial charge < -0.3 is 10.1 Å². The fraction of sp³-hybridized carbons (Fsp3) is 0.348. The van der Waals surface area contributed by atoms with E-state index in [0.717, 1.165) is 16.5 Å². The highest BCUT2D eigenvalue weighted by Gasteiger charge is 2.45. The fourth-order valence-electron chi connectivity index (χ4n) is 4.32. The summed E-state index contributed by atoms with van der Waals surface area (Å²) < 4.78 is 5.44. The molecule has 34 heavy (non-hydrogen) atoms. The average molecular weight is 487 g/mol. The van der Waals surface area contributed by atoms with Crippen LogP contribution in [0.2, 0.25) is 5.02 Å². The lowest BCUT2D eigenvalue weighted by Crippen LogP contribution is -2.50. The molecule has 0 radical (unpaired) electrons. The SMILES string of the molecule is CC(C(=O)NCC(c1ccccc1Cl)N1CCOCC1)N1C(=O)c2cccc([N+](=O)[O-])c2C1=O. The van der Waals surface area contributed by atoms with Crippen LogP contribution in [0.3, 0.4) is 0 Å². The van der Waals surface area contributed by atoms with Gasteiger partial charge in [0.15, 0.2) is 0 Å². The summed E-state index contributed by atoms with van der Waals surface area (Å²) >= 11 is 6.43. The van der Waals surface area contributed by atoms with Crippen LogP contribution in [-0.2, 0) is 9.53 Å². The Bertz CT molecular complexity index is 1150. The van der Waals surface area contributed by atoms with Crippen molar-refractivity contribution >= 4 is 35.0 Å². The van der Waals surface area contributed by atoms with Crippen molar-refractivity contribution in [1.82, 2.24) is 15.1 Å². The van der Waals surface area contributed by atoms with E-state index >= 15 is 0 Å². The Morgan fingerprint density at radius 2 is 1.85 bits per heavy atom. The van der Waals surface area contributed by atoms with Gasteiger partial charge in [0.2, 0.25) is 5.91 Å². The van der Waals surface area contributed by atoms with Crippen LogP contribution in [0.15, 0.2) is 42.5 Å². The minimum absolute atomic E-state index is 0.0823. The molecule has 0 saturated carbocycles. The van der Waals surface area contributed by atoms with E-state index in [2.05, 4.69) is 10.2 Å². The fourth-order valence-corrected chi connectivity index (χ4v) is 4.58. The summed E-state index contributed by atoms with van der Waals surface area (Å²) in [5.41, 5.74) is 0.00737. The first-order valence-corrected chi connectivity index (χ1v) is 11.2. The number of nitrogens with one attached hydrogen (secondary N) is 1. The quantitative estimate of drug-likeness (QED) is 0.362. The molecule has 10 nitrogen and oxygen atoms in total. The van der Waals surface area contributed by atoms with Crippen LogP contribution >= 0.6 is 11.6 Å². The summed E-state index contributed by atoms with van der Waals surface area (Å²) in [5, 5.41) is 14.7. The molecule has 178 valence electrons. The number of amides is 3. The maximum absolute atomic E-state index is 13.0. The van der Waals surface area contributed by atoms with E-state index < -0.39 is 34.4 Å². The number of ether oxygens (including phenoxy) is 1. The standard InChI is InChI=1S/C23H23ClN4O6/c1-14(27-22(30)16-6-4-8-18(28(32)33)20(16)23(27)31)21(29)25-13-19(26-9-11-34-12-10-26)15-5-2-3-7-17(15)24/h2-8,14,19H,9-13H2,1H3,(H,25,29). The number of benzene rings is 2. The van der Waals surface area contributed by atoms with Crippen molar-refractivity contribution in [2.24, 2.45) is 0 Å². The second kappa shape index (κ2) is 9.88. The molecule has 0 spiro atoms. The molecule has 2 aromatic carbocycles. The van der Waals surface area contributed by atoms with Gasteiger partial charge in [0.05, 0.1) is 29.7 Å². The van der Waals surface area contributed by atoms with Gasteiger partial charge in [-0.3, -0.25) is 34.3 Å². The van der Waals surface area contributed by atoms with Crippen molar-refractivity contribution in [1.29, 1.82) is 0 Å². The number of nitro benzene ring substituents is 1. The molecule has 4 rings (SSSR count). The van der Waals surface area contributed by atoms with E-state index in [1.165, 1.54) is 19.1 Å². The summed E-state index contributed by atoms with van der Waals surface area (Å²) in [6, 6.07) is 9.80. The van der Waals surface area contributed by atoms with E-state index in [-0.39, 0.29) is 23.7 Å². The third-order valence-electron chi connectivity index (χ3n) is 6.11. The largest absolute Gasteiger partial charge is 0.379 e. The molecule has 3 amide bonds. The van der Waals surface area contributed by atoms with Crippen LogP contribution in [0.1, 0.15) is 39.2 Å². The summed E-state index contributed by atoms with van der Waals surface area (Å²) in [5.74, 6) is -2.14. The second-order valence-electron chi connectivity index (χ2n) is 8.04. The predicted molar refractivity (Wildman–Crippen MR) is 123 cm³/mol. The lowest BCUT2D eigenvalue weighted by atomic mass is 10.0. The minimum atomic E-state index is -1.16. The molecule has 2 atom stereocenters. The number of carbonyl (C=O) groups excluding carboxylic acids is 3. The molecule has 0 bridgehead atoms. The van der Waals surface area contributed by atoms with Gasteiger partial charge in [-0.05, 0) is 24.6 Å². The van der Waals surface area contributed by atoms with Crippen molar-refractivity contribution in [3.63, 3.8) is 0 Å². The molecule has 1 saturated heterocycles. The number of nitro groups is 1. The smallest absolute Gasteiger partial charge is 0.282 e. The number of carbonyl (C=O) groups is 3. The van der Waals surface area contributed by atoms with Gasteiger partial charge in [-0.1, -0.05) is 35.9 Å². The number of fused-ring (bicyclic) bond motifs is 1. The van der Waals surface area contributed by atoms with Gasteiger partial charge >= 0.3 is 0 Å². The third-order valence-corrected chi connectivity index (χ3v) is 6.45. The normalized spacial score (nSPS) is 17.9. The van der Waals surface area contributed by atoms with Crippen molar-refractivity contribution in [3.8, 4) is 0 Å². The minimum Gasteiger partial charge on any atom is -0.379 e. The van der Waals surface area contributed by atoms with Crippen molar-refractivity contribution < 1.29 is 24.0 Å². The van der Waals surface area contributed by atoms with Gasteiger partial charge in [-0.25, -0.2) is 0 Å². The average Bonchev–Trinajstić information content (AvgIpc) is 3.10. The third kappa shape index (κ3) is 4.39. The molecule has 2 unspecified atom stereocenters. The first kappa shape index (κ1) is 23.8. The number of halogens is 1. The molecular weight excluding hydrogens is 464 g/mol. The lowest BCUT2D eigenvalue weighted by molar-refractivity contribution is -0.385. The van der Waals surface area contributed by atoms with E-state index in [0.29, 0.717) is 31.3 Å². The molecule has 0 aromatic heterocycles.